The van der Waals surface area contributed by atoms with Gasteiger partial charge in [-0.25, -0.2) is 4.79 Å². The normalized spacial score (nSPS) is 11.7. The van der Waals surface area contributed by atoms with Crippen molar-refractivity contribution in [2.45, 2.75) is 6.92 Å². The molecule has 2 aromatic rings. The number of carboxylic acids is 1. The maximum absolute atomic E-state index is 11.6. The number of carboxylic acid groups (broad SMARTS) is 1. The molecule has 0 aliphatic heterocycles. The van der Waals surface area contributed by atoms with E-state index in [1.807, 2.05) is 0 Å². The molecule has 0 fully saturated rings. The van der Waals surface area contributed by atoms with Gasteiger partial charge in [0, 0.05) is 0 Å². The van der Waals surface area contributed by atoms with E-state index in [4.69, 9.17) is 6.42 Å². The summed E-state index contributed by atoms with van der Waals surface area (Å²) in [7, 11) is 0. The van der Waals surface area contributed by atoms with Crippen molar-refractivity contribution in [1.82, 2.24) is 0 Å². The SMILES string of the molecule is C#Cc1cc(N(c2ccccc2C)S(=O)[O-])c(C(=O)O)s1. The van der Waals surface area contributed by atoms with Crippen LogP contribution in [0.15, 0.2) is 30.3 Å². The third-order valence-electron chi connectivity index (χ3n) is 2.75. The average Bonchev–Trinajstić information content (AvgIpc) is 2.85. The molecule has 2 rings (SSSR count). The molecule has 0 spiro atoms. The van der Waals surface area contributed by atoms with Crippen molar-refractivity contribution < 1.29 is 18.7 Å². The Balaban J connectivity index is 2.68. The molecule has 0 amide bonds. The van der Waals surface area contributed by atoms with Crippen LogP contribution in [0.1, 0.15) is 20.1 Å². The highest BCUT2D eigenvalue weighted by Crippen LogP contribution is 2.36. The molecule has 0 saturated carbocycles. The van der Waals surface area contributed by atoms with Crippen molar-refractivity contribution in [3.8, 4) is 12.3 Å². The first-order valence-corrected chi connectivity index (χ1v) is 7.59. The molecule has 1 unspecified atom stereocenters. The summed E-state index contributed by atoms with van der Waals surface area (Å²) in [5.41, 5.74) is 1.13. The topological polar surface area (TPSA) is 80.7 Å². The Morgan fingerprint density at radius 1 is 1.43 bits per heavy atom. The number of carbonyl (C=O) groups is 1. The Morgan fingerprint density at radius 2 is 2.10 bits per heavy atom. The van der Waals surface area contributed by atoms with Gasteiger partial charge in [0.05, 0.1) is 27.5 Å². The zero-order chi connectivity index (χ0) is 15.6. The summed E-state index contributed by atoms with van der Waals surface area (Å²) in [4.78, 5) is 11.5. The van der Waals surface area contributed by atoms with E-state index in [-0.39, 0.29) is 10.6 Å². The first kappa shape index (κ1) is 15.3. The second kappa shape index (κ2) is 6.10. The fraction of sp³-hybridized carbons (Fsp3) is 0.0714. The lowest BCUT2D eigenvalue weighted by atomic mass is 10.2. The number of aromatic carboxylic acids is 1. The van der Waals surface area contributed by atoms with Gasteiger partial charge in [-0.15, -0.1) is 17.8 Å². The fourth-order valence-corrected chi connectivity index (χ4v) is 3.36. The van der Waals surface area contributed by atoms with Gasteiger partial charge in [0.25, 0.3) is 0 Å². The Hall–Kier alpha value is -2.14. The van der Waals surface area contributed by atoms with E-state index in [9.17, 15) is 18.7 Å². The highest BCUT2D eigenvalue weighted by Gasteiger charge is 2.23. The zero-order valence-electron chi connectivity index (χ0n) is 10.9. The maximum atomic E-state index is 11.6. The lowest BCUT2D eigenvalue weighted by Crippen LogP contribution is -2.21. The van der Waals surface area contributed by atoms with Gasteiger partial charge in [0.2, 0.25) is 0 Å². The predicted octanol–water partition coefficient (Wildman–Crippen LogP) is 2.67. The molecule has 108 valence electrons. The van der Waals surface area contributed by atoms with Crippen molar-refractivity contribution in [1.29, 1.82) is 0 Å². The molecule has 0 radical (unpaired) electrons. The van der Waals surface area contributed by atoms with Crippen LogP contribution in [0.3, 0.4) is 0 Å². The molecule has 1 aromatic carbocycles. The van der Waals surface area contributed by atoms with Gasteiger partial charge in [-0.1, -0.05) is 24.1 Å². The number of para-hydroxylation sites is 1. The van der Waals surface area contributed by atoms with Gasteiger partial charge < -0.3 is 9.66 Å². The van der Waals surface area contributed by atoms with E-state index in [0.29, 0.717) is 16.1 Å². The Morgan fingerprint density at radius 3 is 2.62 bits per heavy atom. The van der Waals surface area contributed by atoms with Crippen molar-refractivity contribution in [2.75, 3.05) is 4.31 Å². The summed E-state index contributed by atoms with van der Waals surface area (Å²) in [5.74, 6) is 1.11. The van der Waals surface area contributed by atoms with Crippen LogP contribution in [-0.4, -0.2) is 19.8 Å². The third-order valence-corrected chi connectivity index (χ3v) is 4.49. The summed E-state index contributed by atoms with van der Waals surface area (Å²) >= 11 is -1.81. The number of terminal acetylenes is 1. The lowest BCUT2D eigenvalue weighted by molar-refractivity contribution is 0.0703. The van der Waals surface area contributed by atoms with E-state index in [2.05, 4.69) is 5.92 Å². The number of hydrogen-bond donors (Lipinski definition) is 1. The molecule has 7 heteroatoms. The molecular weight excluding hydrogens is 310 g/mol. The smallest absolute Gasteiger partial charge is 0.348 e. The quantitative estimate of drug-likeness (QED) is 0.693. The minimum atomic E-state index is -2.67. The van der Waals surface area contributed by atoms with Crippen molar-refractivity contribution in [2.24, 2.45) is 0 Å². The van der Waals surface area contributed by atoms with Crippen LogP contribution >= 0.6 is 11.3 Å². The number of rotatable bonds is 4. The number of nitrogens with zero attached hydrogens (tertiary/aromatic N) is 1. The minimum absolute atomic E-state index is 0.0445. The Kier molecular flexibility index (Phi) is 4.43. The van der Waals surface area contributed by atoms with E-state index < -0.39 is 17.2 Å². The number of benzene rings is 1. The second-order valence-electron chi connectivity index (χ2n) is 4.07. The zero-order valence-corrected chi connectivity index (χ0v) is 12.5. The van der Waals surface area contributed by atoms with Crippen LogP contribution in [0, 0.1) is 19.3 Å². The first-order chi connectivity index (χ1) is 9.95. The highest BCUT2D eigenvalue weighted by atomic mass is 32.2. The van der Waals surface area contributed by atoms with Crippen molar-refractivity contribution >= 4 is 39.9 Å². The van der Waals surface area contributed by atoms with Crippen LogP contribution in [0.4, 0.5) is 11.4 Å². The monoisotopic (exact) mass is 320 g/mol. The van der Waals surface area contributed by atoms with E-state index >= 15 is 0 Å². The predicted molar refractivity (Wildman–Crippen MR) is 81.5 cm³/mol. The number of thiophene rings is 1. The first-order valence-electron chi connectivity index (χ1n) is 5.74. The number of aryl methyl sites for hydroxylation is 1. The molecule has 5 nitrogen and oxygen atoms in total. The van der Waals surface area contributed by atoms with Gasteiger partial charge >= 0.3 is 5.97 Å². The lowest BCUT2D eigenvalue weighted by Gasteiger charge is -2.27. The van der Waals surface area contributed by atoms with Crippen LogP contribution in [0.2, 0.25) is 0 Å². The van der Waals surface area contributed by atoms with Crippen LogP contribution < -0.4 is 4.31 Å². The number of hydrogen-bond acceptors (Lipinski definition) is 4. The largest absolute Gasteiger partial charge is 0.755 e. The maximum Gasteiger partial charge on any atom is 0.348 e. The molecule has 0 bridgehead atoms. The third kappa shape index (κ3) is 2.97. The molecule has 1 N–H and O–H groups in total. The molecule has 0 saturated heterocycles. The molecule has 1 heterocycles. The molecule has 21 heavy (non-hydrogen) atoms. The summed E-state index contributed by atoms with van der Waals surface area (Å²) in [6, 6.07) is 8.17. The van der Waals surface area contributed by atoms with Crippen molar-refractivity contribution in [3.05, 3.63) is 45.6 Å². The van der Waals surface area contributed by atoms with E-state index in [1.165, 1.54) is 6.07 Å². The summed E-state index contributed by atoms with van der Waals surface area (Å²) in [5, 5.41) is 9.24. The van der Waals surface area contributed by atoms with Crippen LogP contribution in [-0.2, 0) is 11.3 Å². The van der Waals surface area contributed by atoms with Gasteiger partial charge in [0.1, 0.15) is 4.88 Å². The van der Waals surface area contributed by atoms with E-state index in [1.54, 1.807) is 31.2 Å². The minimum Gasteiger partial charge on any atom is -0.755 e. The highest BCUT2D eigenvalue weighted by molar-refractivity contribution is 7.81. The number of anilines is 2. The summed E-state index contributed by atoms with van der Waals surface area (Å²) in [6.07, 6.45) is 5.27. The molecule has 0 aliphatic carbocycles. The molecular formula is C14H10NO4S2-. The van der Waals surface area contributed by atoms with Crippen LogP contribution in [0.5, 0.6) is 0 Å². The Labute approximate surface area is 128 Å². The standard InChI is InChI=1S/C14H11NO4S2/c1-3-10-8-12(13(20-10)14(16)17)15(21(18)19)11-7-5-4-6-9(11)2/h1,4-8H,2H3,(H,16,17)(H,18,19)/p-1. The van der Waals surface area contributed by atoms with Gasteiger partial charge in [-0.3, -0.25) is 8.51 Å². The van der Waals surface area contributed by atoms with Gasteiger partial charge in [-0.2, -0.15) is 0 Å². The second-order valence-corrected chi connectivity index (χ2v) is 5.92. The van der Waals surface area contributed by atoms with Crippen molar-refractivity contribution in [3.63, 3.8) is 0 Å². The molecule has 1 atom stereocenters. The van der Waals surface area contributed by atoms with E-state index in [0.717, 1.165) is 15.6 Å². The average molecular weight is 320 g/mol. The fourth-order valence-electron chi connectivity index (χ4n) is 1.84. The van der Waals surface area contributed by atoms with Gasteiger partial charge in [-0.05, 0) is 24.6 Å². The molecule has 0 aliphatic rings. The van der Waals surface area contributed by atoms with Gasteiger partial charge in [0.15, 0.2) is 0 Å². The molecule has 1 aromatic heterocycles. The van der Waals surface area contributed by atoms with Crippen LogP contribution in [0.25, 0.3) is 0 Å². The Bertz CT molecular complexity index is 761. The summed E-state index contributed by atoms with van der Waals surface area (Å²) in [6.45, 7) is 1.74. The summed E-state index contributed by atoms with van der Waals surface area (Å²) < 4.78 is 24.2.